The Morgan fingerprint density at radius 1 is 1.27 bits per heavy atom. The molecule has 0 aliphatic carbocycles. The first-order valence-corrected chi connectivity index (χ1v) is 7.36. The molecule has 2 aliphatic heterocycles. The Kier molecular flexibility index (Phi) is 3.83. The Morgan fingerprint density at radius 2 is 2.00 bits per heavy atom. The lowest BCUT2D eigenvalue weighted by Gasteiger charge is -2.16. The molecule has 0 saturated carbocycles. The Hall–Kier alpha value is -2.37. The summed E-state index contributed by atoms with van der Waals surface area (Å²) in [7, 11) is 0. The van der Waals surface area contributed by atoms with E-state index in [0.29, 0.717) is 24.9 Å². The SMILES string of the molecule is C[C@H]1C[C@H](OC(=O)c2ccc(N3CCCC3=O)cc2)C(=O)O1. The van der Waals surface area contributed by atoms with Gasteiger partial charge in [-0.25, -0.2) is 9.59 Å². The Morgan fingerprint density at radius 3 is 2.55 bits per heavy atom. The monoisotopic (exact) mass is 303 g/mol. The minimum absolute atomic E-state index is 0.0954. The molecular formula is C16H17NO5. The molecule has 3 rings (SSSR count). The van der Waals surface area contributed by atoms with Crippen molar-refractivity contribution in [2.45, 2.75) is 38.4 Å². The van der Waals surface area contributed by atoms with Crippen LogP contribution >= 0.6 is 0 Å². The molecule has 0 N–H and O–H groups in total. The highest BCUT2D eigenvalue weighted by molar-refractivity contribution is 5.96. The van der Waals surface area contributed by atoms with Gasteiger partial charge in [0.1, 0.15) is 6.10 Å². The molecule has 2 heterocycles. The predicted octanol–water partition coefficient (Wildman–Crippen LogP) is 1.67. The van der Waals surface area contributed by atoms with E-state index < -0.39 is 18.0 Å². The van der Waals surface area contributed by atoms with Gasteiger partial charge < -0.3 is 14.4 Å². The van der Waals surface area contributed by atoms with Gasteiger partial charge in [0.15, 0.2) is 0 Å². The third-order valence-electron chi connectivity index (χ3n) is 3.86. The summed E-state index contributed by atoms with van der Waals surface area (Å²) in [5.74, 6) is -0.964. The van der Waals surface area contributed by atoms with Gasteiger partial charge in [0, 0.05) is 25.1 Å². The van der Waals surface area contributed by atoms with Crippen LogP contribution in [-0.2, 0) is 19.1 Å². The quantitative estimate of drug-likeness (QED) is 0.794. The lowest BCUT2D eigenvalue weighted by molar-refractivity contribution is -0.147. The third kappa shape index (κ3) is 2.81. The van der Waals surface area contributed by atoms with Crippen LogP contribution in [0.4, 0.5) is 5.69 Å². The maximum absolute atomic E-state index is 12.0. The van der Waals surface area contributed by atoms with Crippen molar-refractivity contribution in [1.82, 2.24) is 0 Å². The summed E-state index contributed by atoms with van der Waals surface area (Å²) >= 11 is 0. The average Bonchev–Trinajstić information content (AvgIpc) is 3.05. The van der Waals surface area contributed by atoms with Gasteiger partial charge >= 0.3 is 11.9 Å². The number of esters is 2. The third-order valence-corrected chi connectivity index (χ3v) is 3.86. The molecule has 1 aromatic rings. The number of anilines is 1. The molecule has 2 aliphatic rings. The molecule has 2 saturated heterocycles. The van der Waals surface area contributed by atoms with Crippen molar-refractivity contribution in [2.24, 2.45) is 0 Å². The van der Waals surface area contributed by atoms with E-state index in [1.165, 1.54) is 0 Å². The highest BCUT2D eigenvalue weighted by Gasteiger charge is 2.35. The molecule has 0 aromatic heterocycles. The molecule has 0 spiro atoms. The van der Waals surface area contributed by atoms with Crippen LogP contribution in [0.1, 0.15) is 36.5 Å². The number of hydrogen-bond donors (Lipinski definition) is 0. The lowest BCUT2D eigenvalue weighted by atomic mass is 10.2. The molecule has 1 aromatic carbocycles. The average molecular weight is 303 g/mol. The zero-order chi connectivity index (χ0) is 15.7. The molecule has 116 valence electrons. The van der Waals surface area contributed by atoms with Crippen LogP contribution in [-0.4, -0.2) is 36.6 Å². The maximum Gasteiger partial charge on any atom is 0.347 e. The van der Waals surface area contributed by atoms with Crippen molar-refractivity contribution in [3.05, 3.63) is 29.8 Å². The molecule has 2 fully saturated rings. The van der Waals surface area contributed by atoms with E-state index in [4.69, 9.17) is 9.47 Å². The summed E-state index contributed by atoms with van der Waals surface area (Å²) in [5, 5.41) is 0. The normalized spacial score (nSPS) is 24.5. The second-order valence-electron chi connectivity index (χ2n) is 5.57. The van der Waals surface area contributed by atoms with E-state index >= 15 is 0 Å². The number of carbonyl (C=O) groups is 3. The summed E-state index contributed by atoms with van der Waals surface area (Å²) in [6.07, 6.45) is 0.734. The summed E-state index contributed by atoms with van der Waals surface area (Å²) in [5.41, 5.74) is 1.12. The van der Waals surface area contributed by atoms with E-state index in [-0.39, 0.29) is 12.0 Å². The number of cyclic esters (lactones) is 1. The number of hydrogen-bond acceptors (Lipinski definition) is 5. The van der Waals surface area contributed by atoms with Crippen molar-refractivity contribution in [3.8, 4) is 0 Å². The largest absolute Gasteiger partial charge is 0.460 e. The van der Waals surface area contributed by atoms with Crippen molar-refractivity contribution in [2.75, 3.05) is 11.4 Å². The fourth-order valence-corrected chi connectivity index (χ4v) is 2.71. The Labute approximate surface area is 128 Å². The van der Waals surface area contributed by atoms with Crippen LogP contribution in [0.2, 0.25) is 0 Å². The van der Waals surface area contributed by atoms with Crippen LogP contribution < -0.4 is 4.90 Å². The van der Waals surface area contributed by atoms with Crippen molar-refractivity contribution < 1.29 is 23.9 Å². The van der Waals surface area contributed by atoms with E-state index in [2.05, 4.69) is 0 Å². The lowest BCUT2D eigenvalue weighted by Crippen LogP contribution is -2.24. The standard InChI is InChI=1S/C16H17NO5/c1-10-9-13(16(20)21-10)22-15(19)11-4-6-12(7-5-11)17-8-2-3-14(17)18/h4-7,10,13H,2-3,8-9H2,1H3/t10-,13-/m0/s1. The van der Waals surface area contributed by atoms with Gasteiger partial charge in [0.2, 0.25) is 12.0 Å². The fourth-order valence-electron chi connectivity index (χ4n) is 2.71. The molecular weight excluding hydrogens is 286 g/mol. The van der Waals surface area contributed by atoms with Gasteiger partial charge in [-0.05, 0) is 37.6 Å². The van der Waals surface area contributed by atoms with Crippen LogP contribution in [0.15, 0.2) is 24.3 Å². The fraction of sp³-hybridized carbons (Fsp3) is 0.438. The highest BCUT2D eigenvalue weighted by atomic mass is 16.6. The first-order valence-electron chi connectivity index (χ1n) is 7.36. The second-order valence-corrected chi connectivity index (χ2v) is 5.57. The van der Waals surface area contributed by atoms with Gasteiger partial charge in [0.05, 0.1) is 5.56 Å². The number of rotatable bonds is 3. The minimum Gasteiger partial charge on any atom is -0.460 e. The molecule has 6 nitrogen and oxygen atoms in total. The number of carbonyl (C=O) groups excluding carboxylic acids is 3. The van der Waals surface area contributed by atoms with Gasteiger partial charge in [-0.2, -0.15) is 0 Å². The van der Waals surface area contributed by atoms with Crippen LogP contribution in [0.25, 0.3) is 0 Å². The van der Waals surface area contributed by atoms with Crippen LogP contribution in [0, 0.1) is 0 Å². The maximum atomic E-state index is 12.0. The number of nitrogens with zero attached hydrogens (tertiary/aromatic N) is 1. The van der Waals surface area contributed by atoms with Crippen LogP contribution in [0.5, 0.6) is 0 Å². The smallest absolute Gasteiger partial charge is 0.347 e. The van der Waals surface area contributed by atoms with Crippen molar-refractivity contribution >= 4 is 23.5 Å². The van der Waals surface area contributed by atoms with Crippen LogP contribution in [0.3, 0.4) is 0 Å². The number of benzene rings is 1. The zero-order valence-corrected chi connectivity index (χ0v) is 12.3. The second kappa shape index (κ2) is 5.79. The molecule has 6 heteroatoms. The topological polar surface area (TPSA) is 72.9 Å². The molecule has 1 amide bonds. The predicted molar refractivity (Wildman–Crippen MR) is 77.4 cm³/mol. The Balaban J connectivity index is 1.66. The number of ether oxygens (including phenoxy) is 2. The molecule has 0 bridgehead atoms. The minimum atomic E-state index is -0.831. The zero-order valence-electron chi connectivity index (χ0n) is 12.3. The van der Waals surface area contributed by atoms with Gasteiger partial charge in [-0.3, -0.25) is 4.79 Å². The summed E-state index contributed by atoms with van der Waals surface area (Å²) in [6.45, 7) is 2.46. The van der Waals surface area contributed by atoms with Gasteiger partial charge in [-0.15, -0.1) is 0 Å². The highest BCUT2D eigenvalue weighted by Crippen LogP contribution is 2.23. The summed E-state index contributed by atoms with van der Waals surface area (Å²) in [6, 6.07) is 6.64. The van der Waals surface area contributed by atoms with Crippen molar-refractivity contribution in [3.63, 3.8) is 0 Å². The molecule has 2 atom stereocenters. The van der Waals surface area contributed by atoms with E-state index in [1.807, 2.05) is 0 Å². The molecule has 22 heavy (non-hydrogen) atoms. The van der Waals surface area contributed by atoms with E-state index in [0.717, 1.165) is 12.1 Å². The summed E-state index contributed by atoms with van der Waals surface area (Å²) in [4.78, 5) is 36.9. The number of amides is 1. The van der Waals surface area contributed by atoms with Gasteiger partial charge in [0.25, 0.3) is 0 Å². The molecule has 0 unspecified atom stereocenters. The first kappa shape index (κ1) is 14.6. The van der Waals surface area contributed by atoms with Crippen molar-refractivity contribution in [1.29, 1.82) is 0 Å². The van der Waals surface area contributed by atoms with Gasteiger partial charge in [-0.1, -0.05) is 0 Å². The first-order chi connectivity index (χ1) is 10.5. The Bertz CT molecular complexity index is 609. The van der Waals surface area contributed by atoms with E-state index in [1.54, 1.807) is 36.1 Å². The molecule has 0 radical (unpaired) electrons. The van der Waals surface area contributed by atoms with E-state index in [9.17, 15) is 14.4 Å². The summed E-state index contributed by atoms with van der Waals surface area (Å²) < 4.78 is 10.1.